The number of hydrogen-bond acceptors (Lipinski definition) is 4. The van der Waals surface area contributed by atoms with Gasteiger partial charge in [0.05, 0.1) is 45.4 Å². The average Bonchev–Trinajstić information content (AvgIpc) is 3.01. The Kier molecular flexibility index (Phi) is 6.90. The van der Waals surface area contributed by atoms with E-state index in [9.17, 15) is 14.7 Å². The van der Waals surface area contributed by atoms with Gasteiger partial charge in [-0.05, 0) is 24.1 Å². The van der Waals surface area contributed by atoms with Crippen molar-refractivity contribution in [2.75, 3.05) is 33.8 Å². The molecule has 158 valence electrons. The number of ketones is 1. The lowest BCUT2D eigenvalue weighted by Gasteiger charge is -2.26. The monoisotopic (exact) mass is 409 g/mol. The Morgan fingerprint density at radius 1 is 1.10 bits per heavy atom. The molecule has 0 spiro atoms. The van der Waals surface area contributed by atoms with E-state index >= 15 is 0 Å². The molecule has 6 heteroatoms. The number of likely N-dealkylation sites (N-methyl/N-ethyl adjacent to an activating group) is 1. The van der Waals surface area contributed by atoms with Crippen LogP contribution in [0, 0.1) is 0 Å². The van der Waals surface area contributed by atoms with Crippen LogP contribution >= 0.6 is 0 Å². The molecule has 1 atom stereocenters. The third kappa shape index (κ3) is 4.54. The van der Waals surface area contributed by atoms with Crippen LogP contribution in [0.15, 0.2) is 60.2 Å². The fraction of sp³-hybridized carbons (Fsp3) is 0.333. The first-order valence-corrected chi connectivity index (χ1v) is 10.3. The number of quaternary nitrogens is 1. The van der Waals surface area contributed by atoms with E-state index in [-0.39, 0.29) is 11.3 Å². The largest absolute Gasteiger partial charge is 0.507 e. The van der Waals surface area contributed by atoms with E-state index in [1.165, 1.54) is 4.90 Å². The summed E-state index contributed by atoms with van der Waals surface area (Å²) in [6.07, 6.45) is 0.877. The van der Waals surface area contributed by atoms with Gasteiger partial charge in [-0.15, -0.1) is 0 Å². The molecular weight excluding hydrogens is 380 g/mol. The lowest BCUT2D eigenvalue weighted by molar-refractivity contribution is -0.857. The zero-order valence-corrected chi connectivity index (χ0v) is 17.7. The fourth-order valence-corrected chi connectivity index (χ4v) is 3.55. The summed E-state index contributed by atoms with van der Waals surface area (Å²) >= 11 is 0. The third-order valence-corrected chi connectivity index (χ3v) is 5.09. The van der Waals surface area contributed by atoms with Gasteiger partial charge in [-0.1, -0.05) is 49.4 Å². The van der Waals surface area contributed by atoms with E-state index in [0.717, 1.165) is 12.0 Å². The molecule has 3 rings (SSSR count). The van der Waals surface area contributed by atoms with Gasteiger partial charge in [0, 0.05) is 5.56 Å². The van der Waals surface area contributed by atoms with Gasteiger partial charge < -0.3 is 19.6 Å². The molecule has 1 heterocycles. The number of aliphatic hydroxyl groups excluding tert-OH is 1. The number of hydrogen-bond donors (Lipinski definition) is 2. The average molecular weight is 410 g/mol. The summed E-state index contributed by atoms with van der Waals surface area (Å²) in [5.41, 5.74) is 1.37. The molecule has 2 aromatic rings. The second kappa shape index (κ2) is 9.59. The van der Waals surface area contributed by atoms with E-state index in [4.69, 9.17) is 4.74 Å². The maximum absolute atomic E-state index is 13.0. The normalized spacial score (nSPS) is 18.3. The topological polar surface area (TPSA) is 71.3 Å². The first kappa shape index (κ1) is 21.6. The van der Waals surface area contributed by atoms with Crippen molar-refractivity contribution in [1.29, 1.82) is 0 Å². The van der Waals surface area contributed by atoms with Gasteiger partial charge in [-0.25, -0.2) is 0 Å². The van der Waals surface area contributed by atoms with Gasteiger partial charge in [0.25, 0.3) is 11.7 Å². The Hall–Kier alpha value is -3.12. The summed E-state index contributed by atoms with van der Waals surface area (Å²) < 4.78 is 5.75. The smallest absolute Gasteiger partial charge is 0.295 e. The number of carbonyl (C=O) groups excluding carboxylic acids is 2. The number of rotatable bonds is 8. The Morgan fingerprint density at radius 2 is 1.83 bits per heavy atom. The molecule has 30 heavy (non-hydrogen) atoms. The Balaban J connectivity index is 2.10. The number of amides is 1. The maximum atomic E-state index is 13.0. The van der Waals surface area contributed by atoms with Gasteiger partial charge >= 0.3 is 0 Å². The predicted molar refractivity (Wildman–Crippen MR) is 115 cm³/mol. The second-order valence-electron chi connectivity index (χ2n) is 7.74. The van der Waals surface area contributed by atoms with Crippen molar-refractivity contribution in [2.45, 2.75) is 19.4 Å². The van der Waals surface area contributed by atoms with Crippen LogP contribution < -0.4 is 9.64 Å². The number of aliphatic hydroxyl groups is 1. The number of ether oxygens (including phenoxy) is 1. The predicted octanol–water partition coefficient (Wildman–Crippen LogP) is 2.04. The minimum absolute atomic E-state index is 0.118. The summed E-state index contributed by atoms with van der Waals surface area (Å²) in [4.78, 5) is 28.6. The summed E-state index contributed by atoms with van der Waals surface area (Å²) in [6, 6.07) is 15.6. The van der Waals surface area contributed by atoms with Crippen LogP contribution in [0.25, 0.3) is 5.76 Å². The molecule has 0 radical (unpaired) electrons. The number of likely N-dealkylation sites (tertiary alicyclic amines) is 1. The number of nitrogens with one attached hydrogen (secondary N) is 1. The third-order valence-electron chi connectivity index (χ3n) is 5.09. The van der Waals surface area contributed by atoms with E-state index in [1.54, 1.807) is 29.2 Å². The highest BCUT2D eigenvalue weighted by atomic mass is 16.5. The fourth-order valence-electron chi connectivity index (χ4n) is 3.55. The molecular formula is C24H29N2O4+. The van der Waals surface area contributed by atoms with E-state index in [0.29, 0.717) is 31.0 Å². The zero-order valence-electron chi connectivity index (χ0n) is 17.7. The number of Topliss-reactive ketones (excluding diaryl/α,β-unsaturated/α-hetero) is 1. The molecule has 0 unspecified atom stereocenters. The molecule has 1 amide bonds. The van der Waals surface area contributed by atoms with Crippen LogP contribution in [0.2, 0.25) is 0 Å². The minimum Gasteiger partial charge on any atom is -0.507 e. The molecule has 2 aromatic carbocycles. The van der Waals surface area contributed by atoms with Crippen LogP contribution in [0.1, 0.15) is 30.5 Å². The molecule has 1 fully saturated rings. The SMILES string of the molecule is CCCOc1cccc([C@H]2/C(=C(/O)c3ccccc3)C(=O)C(=O)N2CC[NH+](C)C)c1. The van der Waals surface area contributed by atoms with Gasteiger partial charge in [0.1, 0.15) is 11.5 Å². The highest BCUT2D eigenvalue weighted by Gasteiger charge is 2.46. The summed E-state index contributed by atoms with van der Waals surface area (Å²) in [5.74, 6) is -0.718. The number of nitrogens with zero attached hydrogens (tertiary/aromatic N) is 1. The molecule has 0 aromatic heterocycles. The van der Waals surface area contributed by atoms with Crippen molar-refractivity contribution in [2.24, 2.45) is 0 Å². The van der Waals surface area contributed by atoms with Crippen molar-refractivity contribution in [1.82, 2.24) is 4.90 Å². The second-order valence-corrected chi connectivity index (χ2v) is 7.74. The first-order chi connectivity index (χ1) is 14.4. The molecule has 1 saturated heterocycles. The molecule has 1 aliphatic rings. The van der Waals surface area contributed by atoms with Crippen LogP contribution in [0.5, 0.6) is 5.75 Å². The summed E-state index contributed by atoms with van der Waals surface area (Å²) in [5, 5.41) is 11.0. The highest BCUT2D eigenvalue weighted by Crippen LogP contribution is 2.39. The van der Waals surface area contributed by atoms with Crippen LogP contribution in [0.3, 0.4) is 0 Å². The van der Waals surface area contributed by atoms with Gasteiger partial charge in [-0.3, -0.25) is 9.59 Å². The van der Waals surface area contributed by atoms with Crippen LogP contribution in [-0.4, -0.2) is 55.5 Å². The quantitative estimate of drug-likeness (QED) is 0.398. The van der Waals surface area contributed by atoms with Crippen LogP contribution in [-0.2, 0) is 9.59 Å². The van der Waals surface area contributed by atoms with E-state index in [2.05, 4.69) is 0 Å². The Bertz CT molecular complexity index is 937. The zero-order chi connectivity index (χ0) is 21.7. The van der Waals surface area contributed by atoms with Gasteiger partial charge in [-0.2, -0.15) is 0 Å². The number of benzene rings is 2. The van der Waals surface area contributed by atoms with Gasteiger partial charge in [0.2, 0.25) is 0 Å². The summed E-state index contributed by atoms with van der Waals surface area (Å²) in [6.45, 7) is 3.70. The number of carbonyl (C=O) groups is 2. The molecule has 0 saturated carbocycles. The molecule has 1 aliphatic heterocycles. The van der Waals surface area contributed by atoms with Crippen molar-refractivity contribution in [3.8, 4) is 5.75 Å². The molecule has 2 N–H and O–H groups in total. The lowest BCUT2D eigenvalue weighted by Crippen LogP contribution is -3.06. The maximum Gasteiger partial charge on any atom is 0.295 e. The molecule has 0 bridgehead atoms. The van der Waals surface area contributed by atoms with Crippen molar-refractivity contribution >= 4 is 17.4 Å². The minimum atomic E-state index is -0.658. The van der Waals surface area contributed by atoms with Gasteiger partial charge in [0.15, 0.2) is 0 Å². The Labute approximate surface area is 177 Å². The van der Waals surface area contributed by atoms with Crippen LogP contribution in [0.4, 0.5) is 0 Å². The first-order valence-electron chi connectivity index (χ1n) is 10.3. The lowest BCUT2D eigenvalue weighted by atomic mass is 9.95. The standard InChI is InChI=1S/C24H28N2O4/c1-4-15-30-19-12-8-11-18(16-19)21-20(22(27)17-9-6-5-7-10-17)23(28)24(29)26(21)14-13-25(2)3/h5-12,16,21,27H,4,13-15H2,1-3H3/p+1/b22-20-/t21-/m0/s1. The van der Waals surface area contributed by atoms with E-state index < -0.39 is 17.7 Å². The van der Waals surface area contributed by atoms with Crippen molar-refractivity contribution in [3.05, 3.63) is 71.3 Å². The van der Waals surface area contributed by atoms with Crippen molar-refractivity contribution in [3.63, 3.8) is 0 Å². The summed E-state index contributed by atoms with van der Waals surface area (Å²) in [7, 11) is 3.99. The van der Waals surface area contributed by atoms with Crippen molar-refractivity contribution < 1.29 is 24.3 Å². The molecule has 6 nitrogen and oxygen atoms in total. The highest BCUT2D eigenvalue weighted by molar-refractivity contribution is 6.46. The van der Waals surface area contributed by atoms with E-state index in [1.807, 2.05) is 51.4 Å². The molecule has 0 aliphatic carbocycles. The Morgan fingerprint density at radius 3 is 2.50 bits per heavy atom.